The summed E-state index contributed by atoms with van der Waals surface area (Å²) in [6.07, 6.45) is 2.21. The second kappa shape index (κ2) is 4.51. The number of hydrogen-bond acceptors (Lipinski definition) is 4. The van der Waals surface area contributed by atoms with Crippen molar-refractivity contribution in [2.75, 3.05) is 6.54 Å². The third-order valence-electron chi connectivity index (χ3n) is 2.66. The number of nitrogens with one attached hydrogen (secondary N) is 1. The van der Waals surface area contributed by atoms with Gasteiger partial charge in [-0.3, -0.25) is 9.69 Å². The molecule has 90 valence electrons. The van der Waals surface area contributed by atoms with E-state index in [4.69, 9.17) is 0 Å². The van der Waals surface area contributed by atoms with Crippen molar-refractivity contribution in [1.29, 1.82) is 0 Å². The molecule has 1 rings (SSSR count). The van der Waals surface area contributed by atoms with Crippen LogP contribution >= 0.6 is 0 Å². The molecule has 0 unspecified atom stereocenters. The Labute approximate surface area is 93.6 Å². The molecule has 0 aliphatic carbocycles. The Morgan fingerprint density at radius 3 is 2.62 bits per heavy atom. The van der Waals surface area contributed by atoms with Gasteiger partial charge in [0.25, 0.3) is 5.91 Å². The summed E-state index contributed by atoms with van der Waals surface area (Å²) in [4.78, 5) is 34.3. The molecule has 1 saturated heterocycles. The van der Waals surface area contributed by atoms with Crippen LogP contribution in [0.1, 0.15) is 33.1 Å². The first kappa shape index (κ1) is 12.5. The number of nitrogens with zero attached hydrogens (tertiary/aromatic N) is 1. The number of aliphatic carboxylic acids is 1. The van der Waals surface area contributed by atoms with E-state index >= 15 is 0 Å². The Kier molecular flexibility index (Phi) is 3.51. The number of carbonyl (C=O) groups is 3. The van der Waals surface area contributed by atoms with Gasteiger partial charge in [-0.1, -0.05) is 19.8 Å². The molecule has 16 heavy (non-hydrogen) atoms. The fourth-order valence-corrected chi connectivity index (χ4v) is 1.72. The second-order valence-electron chi connectivity index (χ2n) is 4.13. The highest BCUT2D eigenvalue weighted by molar-refractivity contribution is 6.08. The van der Waals surface area contributed by atoms with Gasteiger partial charge in [-0.25, -0.2) is 4.79 Å². The molecule has 0 saturated carbocycles. The number of unbranched alkanes of at least 4 members (excludes halogenated alkanes) is 1. The summed E-state index contributed by atoms with van der Waals surface area (Å²) in [6.45, 7) is 2.90. The molecule has 0 aromatic heterocycles. The van der Waals surface area contributed by atoms with Gasteiger partial charge in [-0.15, -0.1) is 0 Å². The number of carboxylic acid groups (broad SMARTS) is 1. The summed E-state index contributed by atoms with van der Waals surface area (Å²) in [5.74, 6) is -1.93. The molecule has 1 fully saturated rings. The third kappa shape index (κ3) is 2.32. The largest absolute Gasteiger partial charge is 0.548 e. The summed E-state index contributed by atoms with van der Waals surface area (Å²) >= 11 is 0. The summed E-state index contributed by atoms with van der Waals surface area (Å²) in [5, 5.41) is 12.9. The monoisotopic (exact) mass is 227 g/mol. The number of carbonyl (C=O) groups excluding carboxylic acids is 3. The Morgan fingerprint density at radius 1 is 1.50 bits per heavy atom. The molecular weight excluding hydrogens is 212 g/mol. The molecule has 0 spiro atoms. The zero-order valence-electron chi connectivity index (χ0n) is 9.41. The van der Waals surface area contributed by atoms with Gasteiger partial charge < -0.3 is 15.2 Å². The maximum Gasteiger partial charge on any atom is 0.325 e. The van der Waals surface area contributed by atoms with E-state index in [1.54, 1.807) is 6.92 Å². The van der Waals surface area contributed by atoms with Crippen molar-refractivity contribution in [2.24, 2.45) is 0 Å². The average Bonchev–Trinajstić information content (AvgIpc) is 2.39. The molecule has 0 radical (unpaired) electrons. The molecular formula is C10H15N2O4-. The Bertz CT molecular complexity index is 329. The van der Waals surface area contributed by atoms with Crippen LogP contribution < -0.4 is 10.4 Å². The topological polar surface area (TPSA) is 89.5 Å². The van der Waals surface area contributed by atoms with Crippen LogP contribution in [0, 0.1) is 0 Å². The first-order valence-corrected chi connectivity index (χ1v) is 5.24. The number of urea groups is 1. The number of amides is 3. The van der Waals surface area contributed by atoms with E-state index in [0.717, 1.165) is 12.8 Å². The predicted molar refractivity (Wildman–Crippen MR) is 53.2 cm³/mol. The number of carboxylic acids is 1. The van der Waals surface area contributed by atoms with Gasteiger partial charge in [-0.2, -0.15) is 0 Å². The molecule has 0 bridgehead atoms. The molecule has 0 aromatic carbocycles. The smallest absolute Gasteiger partial charge is 0.325 e. The van der Waals surface area contributed by atoms with Crippen LogP contribution in [0.3, 0.4) is 0 Å². The minimum atomic E-state index is -1.44. The van der Waals surface area contributed by atoms with E-state index in [-0.39, 0.29) is 0 Å². The normalized spacial score (nSPS) is 24.8. The number of rotatable bonds is 5. The van der Waals surface area contributed by atoms with Gasteiger partial charge in [0.2, 0.25) is 0 Å². The van der Waals surface area contributed by atoms with Crippen LogP contribution in [0.15, 0.2) is 0 Å². The maximum absolute atomic E-state index is 11.8. The van der Waals surface area contributed by atoms with Crippen molar-refractivity contribution in [3.8, 4) is 0 Å². The minimum absolute atomic E-state index is 0.491. The standard InChI is InChI=1S/C10H16N2O4/c1-3-4-5-10(2)8(15)12(6-7(13)14)9(16)11-10/h3-6H2,1-2H3,(H,11,16)(H,13,14)/p-1/t10-/m0/s1. The average molecular weight is 227 g/mol. The van der Waals surface area contributed by atoms with Crippen molar-refractivity contribution < 1.29 is 19.5 Å². The zero-order valence-corrected chi connectivity index (χ0v) is 9.41. The van der Waals surface area contributed by atoms with E-state index in [9.17, 15) is 19.5 Å². The van der Waals surface area contributed by atoms with Crippen LogP contribution in [0.5, 0.6) is 0 Å². The lowest BCUT2D eigenvalue weighted by atomic mass is 9.95. The van der Waals surface area contributed by atoms with Crippen molar-refractivity contribution in [3.05, 3.63) is 0 Å². The predicted octanol–water partition coefficient (Wildman–Crippen LogP) is -0.763. The first-order chi connectivity index (χ1) is 7.40. The van der Waals surface area contributed by atoms with Crippen LogP contribution in [-0.2, 0) is 9.59 Å². The lowest BCUT2D eigenvalue weighted by Crippen LogP contribution is -2.45. The molecule has 0 aromatic rings. The highest BCUT2D eigenvalue weighted by Crippen LogP contribution is 2.22. The van der Waals surface area contributed by atoms with E-state index < -0.39 is 30.0 Å². The van der Waals surface area contributed by atoms with E-state index in [0.29, 0.717) is 11.3 Å². The molecule has 1 N–H and O–H groups in total. The van der Waals surface area contributed by atoms with Gasteiger partial charge in [0.1, 0.15) is 5.54 Å². The summed E-state index contributed by atoms with van der Waals surface area (Å²) in [5.41, 5.74) is -0.970. The highest BCUT2D eigenvalue weighted by atomic mass is 16.4. The van der Waals surface area contributed by atoms with Gasteiger partial charge in [-0.05, 0) is 13.3 Å². The molecule has 1 atom stereocenters. The lowest BCUT2D eigenvalue weighted by molar-refractivity contribution is -0.305. The van der Waals surface area contributed by atoms with E-state index in [2.05, 4.69) is 5.32 Å². The van der Waals surface area contributed by atoms with Crippen molar-refractivity contribution in [2.45, 2.75) is 38.6 Å². The van der Waals surface area contributed by atoms with Crippen LogP contribution in [0.4, 0.5) is 4.79 Å². The van der Waals surface area contributed by atoms with Crippen LogP contribution in [-0.4, -0.2) is 34.9 Å². The molecule has 1 aliphatic heterocycles. The SMILES string of the molecule is CCCC[C@]1(C)NC(=O)N(CC(=O)[O-])C1=O. The van der Waals surface area contributed by atoms with Crippen LogP contribution in [0.2, 0.25) is 0 Å². The Morgan fingerprint density at radius 2 is 2.12 bits per heavy atom. The van der Waals surface area contributed by atoms with E-state index in [1.807, 2.05) is 6.92 Å². The Hall–Kier alpha value is -1.59. The molecule has 1 heterocycles. The lowest BCUT2D eigenvalue weighted by Gasteiger charge is -2.21. The van der Waals surface area contributed by atoms with Crippen molar-refractivity contribution in [3.63, 3.8) is 0 Å². The van der Waals surface area contributed by atoms with Crippen molar-refractivity contribution in [1.82, 2.24) is 10.2 Å². The highest BCUT2D eigenvalue weighted by Gasteiger charge is 2.46. The molecule has 3 amide bonds. The second-order valence-corrected chi connectivity index (χ2v) is 4.13. The fraction of sp³-hybridized carbons (Fsp3) is 0.700. The van der Waals surface area contributed by atoms with Gasteiger partial charge in [0.05, 0.1) is 12.5 Å². The number of hydrogen-bond donors (Lipinski definition) is 1. The molecule has 1 aliphatic rings. The summed E-state index contributed by atoms with van der Waals surface area (Å²) in [7, 11) is 0. The summed E-state index contributed by atoms with van der Waals surface area (Å²) in [6, 6.07) is -0.659. The van der Waals surface area contributed by atoms with Crippen LogP contribution in [0.25, 0.3) is 0 Å². The van der Waals surface area contributed by atoms with Gasteiger partial charge >= 0.3 is 6.03 Å². The van der Waals surface area contributed by atoms with Crippen molar-refractivity contribution >= 4 is 17.9 Å². The fourth-order valence-electron chi connectivity index (χ4n) is 1.72. The minimum Gasteiger partial charge on any atom is -0.548 e. The van der Waals surface area contributed by atoms with Gasteiger partial charge in [0.15, 0.2) is 0 Å². The summed E-state index contributed by atoms with van der Waals surface area (Å²) < 4.78 is 0. The molecule has 6 heteroatoms. The third-order valence-corrected chi connectivity index (χ3v) is 2.66. The van der Waals surface area contributed by atoms with E-state index in [1.165, 1.54) is 0 Å². The maximum atomic E-state index is 11.8. The number of imide groups is 1. The Balaban J connectivity index is 2.76. The van der Waals surface area contributed by atoms with Gasteiger partial charge in [0, 0.05) is 0 Å². The quantitative estimate of drug-likeness (QED) is 0.625. The zero-order chi connectivity index (χ0) is 12.3. The molecule has 6 nitrogen and oxygen atoms in total. The first-order valence-electron chi connectivity index (χ1n) is 5.24.